The molecule has 0 aliphatic rings. The predicted molar refractivity (Wildman–Crippen MR) is 47.2 cm³/mol. The highest BCUT2D eigenvalue weighted by atomic mass is 32.2. The fraction of sp³-hybridized carbons (Fsp3) is 0.167. The van der Waals surface area contributed by atoms with Crippen LogP contribution in [0.25, 0.3) is 0 Å². The van der Waals surface area contributed by atoms with E-state index in [0.717, 1.165) is 0 Å². The van der Waals surface area contributed by atoms with E-state index in [1.165, 1.54) is 0 Å². The number of rotatable bonds is 3. The third-order valence-corrected chi connectivity index (χ3v) is 2.43. The van der Waals surface area contributed by atoms with Crippen molar-refractivity contribution in [3.8, 4) is 0 Å². The Bertz CT molecular complexity index is 531. The van der Waals surface area contributed by atoms with Crippen LogP contribution in [0.5, 0.6) is 0 Å². The molecule has 0 amide bonds. The van der Waals surface area contributed by atoms with E-state index in [0.29, 0.717) is 12.3 Å². The molecule has 0 aliphatic carbocycles. The summed E-state index contributed by atoms with van der Waals surface area (Å²) in [6, 6.07) is 0.428. The van der Waals surface area contributed by atoms with Crippen LogP contribution < -0.4 is 5.14 Å². The largest absolute Gasteiger partial charge is 0.308 e. The van der Waals surface area contributed by atoms with Gasteiger partial charge >= 0.3 is 5.69 Å². The first-order valence-electron chi connectivity index (χ1n) is 3.68. The van der Waals surface area contributed by atoms with Crippen molar-refractivity contribution in [2.24, 2.45) is 5.14 Å². The smallest absolute Gasteiger partial charge is 0.258 e. The summed E-state index contributed by atoms with van der Waals surface area (Å²) in [7, 11) is -4.42. The van der Waals surface area contributed by atoms with Gasteiger partial charge < -0.3 is 0 Å². The van der Waals surface area contributed by atoms with Crippen molar-refractivity contribution in [3.63, 3.8) is 0 Å². The van der Waals surface area contributed by atoms with Crippen molar-refractivity contribution in [1.29, 1.82) is 0 Å². The average molecular weight is 253 g/mol. The summed E-state index contributed by atoms with van der Waals surface area (Å²) in [6.07, 6.45) is -2.46. The van der Waals surface area contributed by atoms with Crippen LogP contribution in [-0.4, -0.2) is 18.3 Å². The molecule has 1 aromatic heterocycles. The van der Waals surface area contributed by atoms with Gasteiger partial charge in [0.2, 0.25) is 5.03 Å². The molecule has 2 N–H and O–H groups in total. The van der Waals surface area contributed by atoms with Crippen molar-refractivity contribution in [3.05, 3.63) is 27.9 Å². The molecule has 1 rings (SSSR count). The molecule has 1 aromatic rings. The molecule has 16 heavy (non-hydrogen) atoms. The summed E-state index contributed by atoms with van der Waals surface area (Å²) in [4.78, 5) is 12.4. The van der Waals surface area contributed by atoms with Gasteiger partial charge in [-0.25, -0.2) is 27.3 Å². The Hall–Kier alpha value is -1.68. The number of hydrogen-bond donors (Lipinski definition) is 1. The average Bonchev–Trinajstić information content (AvgIpc) is 2.15. The minimum absolute atomic E-state index is 0.428. The number of sulfonamides is 1. The van der Waals surface area contributed by atoms with Crippen molar-refractivity contribution >= 4 is 15.7 Å². The number of halogens is 2. The molecular formula is C6H5F2N3O4S. The van der Waals surface area contributed by atoms with Gasteiger partial charge in [-0.1, -0.05) is 0 Å². The van der Waals surface area contributed by atoms with Gasteiger partial charge in [-0.05, 0) is 0 Å². The summed E-state index contributed by atoms with van der Waals surface area (Å²) < 4.78 is 46.1. The molecule has 0 saturated carbocycles. The number of nitro groups is 1. The molecule has 0 unspecified atom stereocenters. The number of aromatic nitrogens is 1. The highest BCUT2D eigenvalue weighted by molar-refractivity contribution is 7.89. The molecule has 1 heterocycles. The van der Waals surface area contributed by atoms with Gasteiger partial charge in [0.15, 0.2) is 0 Å². The van der Waals surface area contributed by atoms with Crippen LogP contribution in [0.2, 0.25) is 0 Å². The van der Waals surface area contributed by atoms with Gasteiger partial charge in [-0.2, -0.15) is 0 Å². The molecule has 0 aliphatic heterocycles. The van der Waals surface area contributed by atoms with Gasteiger partial charge in [-0.15, -0.1) is 0 Å². The standard InChI is InChI=1S/C6H5F2N3O4S/c7-5(8)3-1-4(11(12)13)6(10-2-3)16(9,14)15/h1-2,5H,(H2,9,14,15). The highest BCUT2D eigenvalue weighted by Gasteiger charge is 2.26. The Morgan fingerprint density at radius 3 is 2.44 bits per heavy atom. The third-order valence-electron chi connectivity index (χ3n) is 1.57. The lowest BCUT2D eigenvalue weighted by molar-refractivity contribution is -0.388. The summed E-state index contributed by atoms with van der Waals surface area (Å²) in [6.45, 7) is 0. The van der Waals surface area contributed by atoms with E-state index in [1.54, 1.807) is 0 Å². The summed E-state index contributed by atoms with van der Waals surface area (Å²) >= 11 is 0. The van der Waals surface area contributed by atoms with E-state index in [2.05, 4.69) is 10.1 Å². The van der Waals surface area contributed by atoms with Gasteiger partial charge in [0.05, 0.1) is 4.92 Å². The van der Waals surface area contributed by atoms with Crippen LogP contribution in [0.4, 0.5) is 14.5 Å². The minimum Gasteiger partial charge on any atom is -0.258 e. The topological polar surface area (TPSA) is 116 Å². The zero-order valence-corrected chi connectivity index (χ0v) is 8.32. The molecule has 0 saturated heterocycles. The van der Waals surface area contributed by atoms with E-state index in [4.69, 9.17) is 0 Å². The molecule has 0 fully saturated rings. The van der Waals surface area contributed by atoms with Crippen molar-refractivity contribution in [2.75, 3.05) is 0 Å². The molecular weight excluding hydrogens is 248 g/mol. The summed E-state index contributed by atoms with van der Waals surface area (Å²) in [5.74, 6) is 0. The molecule has 0 radical (unpaired) electrons. The maximum atomic E-state index is 12.2. The predicted octanol–water partition coefficient (Wildman–Crippen LogP) is 0.575. The van der Waals surface area contributed by atoms with Crippen LogP contribution in [0.1, 0.15) is 12.0 Å². The zero-order chi connectivity index (χ0) is 12.5. The van der Waals surface area contributed by atoms with Crippen LogP contribution in [-0.2, 0) is 10.0 Å². The fourth-order valence-corrected chi connectivity index (χ4v) is 1.55. The number of primary sulfonamides is 1. The third kappa shape index (κ3) is 2.46. The zero-order valence-electron chi connectivity index (χ0n) is 7.50. The second-order valence-electron chi connectivity index (χ2n) is 2.70. The second-order valence-corrected chi connectivity index (χ2v) is 4.17. The van der Waals surface area contributed by atoms with Crippen LogP contribution >= 0.6 is 0 Å². The summed E-state index contributed by atoms with van der Waals surface area (Å²) in [5, 5.41) is 14.0. The van der Waals surface area contributed by atoms with E-state index < -0.39 is 37.6 Å². The molecule has 0 bridgehead atoms. The normalized spacial score (nSPS) is 11.8. The lowest BCUT2D eigenvalue weighted by atomic mass is 10.3. The van der Waals surface area contributed by atoms with Crippen molar-refractivity contribution in [2.45, 2.75) is 11.5 Å². The Labute approximate surface area is 88.1 Å². The van der Waals surface area contributed by atoms with E-state index in [1.807, 2.05) is 0 Å². The van der Waals surface area contributed by atoms with Gasteiger partial charge in [0.1, 0.15) is 0 Å². The van der Waals surface area contributed by atoms with Gasteiger partial charge in [-0.3, -0.25) is 10.1 Å². The first kappa shape index (κ1) is 12.4. The van der Waals surface area contributed by atoms with Gasteiger partial charge in [0, 0.05) is 17.8 Å². The summed E-state index contributed by atoms with van der Waals surface area (Å²) in [5.41, 5.74) is -1.82. The SMILES string of the molecule is NS(=O)(=O)c1ncc(C(F)F)cc1[N+](=O)[O-]. The Morgan fingerprint density at radius 2 is 2.06 bits per heavy atom. The molecule has 0 aromatic carbocycles. The second kappa shape index (κ2) is 4.06. The first-order chi connectivity index (χ1) is 7.23. The van der Waals surface area contributed by atoms with E-state index in [9.17, 15) is 27.3 Å². The number of pyridine rings is 1. The molecule has 0 atom stereocenters. The van der Waals surface area contributed by atoms with E-state index >= 15 is 0 Å². The lowest BCUT2D eigenvalue weighted by Gasteiger charge is -2.02. The number of alkyl halides is 2. The monoisotopic (exact) mass is 253 g/mol. The number of hydrogen-bond acceptors (Lipinski definition) is 5. The molecule has 10 heteroatoms. The Morgan fingerprint density at radius 1 is 1.50 bits per heavy atom. The molecule has 88 valence electrons. The number of nitrogens with zero attached hydrogens (tertiary/aromatic N) is 2. The molecule has 7 nitrogen and oxygen atoms in total. The first-order valence-corrected chi connectivity index (χ1v) is 5.23. The van der Waals surface area contributed by atoms with Crippen molar-refractivity contribution in [1.82, 2.24) is 4.98 Å². The lowest BCUT2D eigenvalue weighted by Crippen LogP contribution is -2.16. The molecule has 0 spiro atoms. The van der Waals surface area contributed by atoms with Crippen LogP contribution in [0.3, 0.4) is 0 Å². The quantitative estimate of drug-likeness (QED) is 0.624. The van der Waals surface area contributed by atoms with Crippen LogP contribution in [0, 0.1) is 10.1 Å². The van der Waals surface area contributed by atoms with E-state index in [-0.39, 0.29) is 0 Å². The van der Waals surface area contributed by atoms with Crippen molar-refractivity contribution < 1.29 is 22.1 Å². The highest BCUT2D eigenvalue weighted by Crippen LogP contribution is 2.26. The van der Waals surface area contributed by atoms with Gasteiger partial charge in [0.25, 0.3) is 16.4 Å². The maximum Gasteiger partial charge on any atom is 0.308 e. The fourth-order valence-electron chi connectivity index (χ4n) is 0.926. The number of nitrogens with two attached hydrogens (primary N) is 1. The maximum absolute atomic E-state index is 12.2. The van der Waals surface area contributed by atoms with Crippen LogP contribution in [0.15, 0.2) is 17.3 Å². The Balaban J connectivity index is 3.49. The minimum atomic E-state index is -4.42. The Kier molecular flexibility index (Phi) is 3.14.